The van der Waals surface area contributed by atoms with Crippen molar-refractivity contribution in [3.8, 4) is 0 Å². The number of aryl methyl sites for hydroxylation is 1. The minimum atomic E-state index is -0.137. The predicted molar refractivity (Wildman–Crippen MR) is 92.7 cm³/mol. The number of hydrogen-bond acceptors (Lipinski definition) is 3. The van der Waals surface area contributed by atoms with Gasteiger partial charge in [0.05, 0.1) is 12.4 Å². The van der Waals surface area contributed by atoms with Crippen molar-refractivity contribution in [2.24, 2.45) is 0 Å². The zero-order chi connectivity index (χ0) is 17.2. The second-order valence-electron chi connectivity index (χ2n) is 6.99. The van der Waals surface area contributed by atoms with Gasteiger partial charge in [-0.2, -0.15) is 0 Å². The van der Waals surface area contributed by atoms with Gasteiger partial charge in [0.15, 0.2) is 0 Å². The molecule has 0 saturated carbocycles. The molecule has 0 saturated heterocycles. The number of nitrogens with zero attached hydrogens (tertiary/aromatic N) is 2. The van der Waals surface area contributed by atoms with Crippen LogP contribution < -0.4 is 10.9 Å². The Labute approximate surface area is 141 Å². The Morgan fingerprint density at radius 1 is 1.33 bits per heavy atom. The lowest BCUT2D eigenvalue weighted by Gasteiger charge is -2.37. The molecule has 0 bridgehead atoms. The van der Waals surface area contributed by atoms with Crippen molar-refractivity contribution in [3.05, 3.63) is 64.3 Å². The van der Waals surface area contributed by atoms with Crippen LogP contribution in [-0.2, 0) is 16.8 Å². The maximum atomic E-state index is 12.3. The number of benzene rings is 1. The number of fused-ring (bicyclic) bond motifs is 1. The smallest absolute Gasteiger partial charge is 0.253 e. The van der Waals surface area contributed by atoms with Gasteiger partial charge in [-0.3, -0.25) is 14.2 Å². The first kappa shape index (κ1) is 16.4. The molecule has 1 atom stereocenters. The molecule has 5 nitrogen and oxygen atoms in total. The van der Waals surface area contributed by atoms with E-state index in [0.29, 0.717) is 6.54 Å². The van der Waals surface area contributed by atoms with Crippen LogP contribution in [-0.4, -0.2) is 15.5 Å². The Kier molecular flexibility index (Phi) is 4.51. The van der Waals surface area contributed by atoms with Gasteiger partial charge >= 0.3 is 0 Å². The van der Waals surface area contributed by atoms with Crippen molar-refractivity contribution in [1.82, 2.24) is 14.9 Å². The molecule has 1 aromatic carbocycles. The fraction of sp³-hybridized carbons (Fsp3) is 0.421. The van der Waals surface area contributed by atoms with Crippen LogP contribution in [0.2, 0.25) is 0 Å². The predicted octanol–water partition coefficient (Wildman–Crippen LogP) is 2.56. The molecule has 1 heterocycles. The normalized spacial score (nSPS) is 18.7. The Bertz CT molecular complexity index is 795. The Balaban J connectivity index is 1.67. The summed E-state index contributed by atoms with van der Waals surface area (Å²) in [6.07, 6.45) is 5.17. The van der Waals surface area contributed by atoms with Gasteiger partial charge in [0.2, 0.25) is 5.91 Å². The van der Waals surface area contributed by atoms with Crippen molar-refractivity contribution in [2.45, 2.75) is 51.1 Å². The van der Waals surface area contributed by atoms with E-state index in [1.54, 1.807) is 0 Å². The number of nitrogens with one attached hydrogen (secondary N) is 1. The van der Waals surface area contributed by atoms with E-state index < -0.39 is 0 Å². The van der Waals surface area contributed by atoms with Gasteiger partial charge < -0.3 is 5.32 Å². The van der Waals surface area contributed by atoms with Gasteiger partial charge in [-0.25, -0.2) is 4.98 Å². The molecule has 0 radical (unpaired) electrons. The topological polar surface area (TPSA) is 64.0 Å². The fourth-order valence-corrected chi connectivity index (χ4v) is 3.40. The van der Waals surface area contributed by atoms with Crippen LogP contribution in [0.5, 0.6) is 0 Å². The molecule has 1 amide bonds. The molecule has 0 spiro atoms. The average molecular weight is 325 g/mol. The van der Waals surface area contributed by atoms with Gasteiger partial charge in [-0.1, -0.05) is 38.1 Å². The van der Waals surface area contributed by atoms with Crippen LogP contribution in [0.3, 0.4) is 0 Å². The van der Waals surface area contributed by atoms with Crippen LogP contribution in [0.1, 0.15) is 50.3 Å². The van der Waals surface area contributed by atoms with E-state index in [2.05, 4.69) is 42.3 Å². The Morgan fingerprint density at radius 3 is 2.92 bits per heavy atom. The summed E-state index contributed by atoms with van der Waals surface area (Å²) in [5.41, 5.74) is 2.52. The van der Waals surface area contributed by atoms with E-state index in [1.807, 2.05) is 6.07 Å². The molecule has 1 aromatic heterocycles. The van der Waals surface area contributed by atoms with E-state index in [1.165, 1.54) is 34.3 Å². The number of carbonyl (C=O) groups excluding carboxylic acids is 1. The lowest BCUT2D eigenvalue weighted by molar-refractivity contribution is -0.122. The van der Waals surface area contributed by atoms with Gasteiger partial charge in [0.25, 0.3) is 5.56 Å². The fourth-order valence-electron chi connectivity index (χ4n) is 3.40. The molecule has 5 heteroatoms. The minimum absolute atomic E-state index is 0.0368. The van der Waals surface area contributed by atoms with E-state index in [0.717, 1.165) is 12.8 Å². The highest BCUT2D eigenvalue weighted by molar-refractivity contribution is 5.76. The molecule has 1 N–H and O–H groups in total. The quantitative estimate of drug-likeness (QED) is 0.939. The molecule has 0 aliphatic heterocycles. The summed E-state index contributed by atoms with van der Waals surface area (Å²) in [5.74, 6) is -0.0368. The first-order chi connectivity index (χ1) is 11.5. The van der Waals surface area contributed by atoms with Gasteiger partial charge in [0, 0.05) is 25.2 Å². The third-order valence-electron chi connectivity index (χ3n) is 4.83. The van der Waals surface area contributed by atoms with Crippen LogP contribution >= 0.6 is 0 Å². The van der Waals surface area contributed by atoms with Crippen molar-refractivity contribution in [2.75, 3.05) is 0 Å². The van der Waals surface area contributed by atoms with Crippen molar-refractivity contribution >= 4 is 5.91 Å². The van der Waals surface area contributed by atoms with Crippen LogP contribution in [0.4, 0.5) is 0 Å². The van der Waals surface area contributed by atoms with Crippen LogP contribution in [0, 0.1) is 0 Å². The second kappa shape index (κ2) is 6.59. The SMILES string of the molecule is CC1(C)CCC(NC(=O)CCn2cnccc2=O)c2ccccc21. The number of aromatic nitrogens is 2. The molecular formula is C19H23N3O2. The third kappa shape index (κ3) is 3.40. The number of hydrogen-bond donors (Lipinski definition) is 1. The van der Waals surface area contributed by atoms with E-state index in [-0.39, 0.29) is 29.3 Å². The van der Waals surface area contributed by atoms with Gasteiger partial charge in [0.1, 0.15) is 0 Å². The van der Waals surface area contributed by atoms with Crippen molar-refractivity contribution < 1.29 is 4.79 Å². The van der Waals surface area contributed by atoms with Crippen LogP contribution in [0.25, 0.3) is 0 Å². The molecule has 126 valence electrons. The largest absolute Gasteiger partial charge is 0.349 e. The maximum Gasteiger partial charge on any atom is 0.253 e. The van der Waals surface area contributed by atoms with Crippen LogP contribution in [0.15, 0.2) is 47.7 Å². The van der Waals surface area contributed by atoms with Gasteiger partial charge in [-0.15, -0.1) is 0 Å². The lowest BCUT2D eigenvalue weighted by Crippen LogP contribution is -2.36. The monoisotopic (exact) mass is 325 g/mol. The molecule has 24 heavy (non-hydrogen) atoms. The minimum Gasteiger partial charge on any atom is -0.349 e. The molecule has 3 rings (SSSR count). The summed E-state index contributed by atoms with van der Waals surface area (Å²) in [6.45, 7) is 4.84. The average Bonchev–Trinajstić information content (AvgIpc) is 2.57. The molecule has 0 fully saturated rings. The number of amides is 1. The number of carbonyl (C=O) groups is 1. The highest BCUT2D eigenvalue weighted by Gasteiger charge is 2.32. The highest BCUT2D eigenvalue weighted by atomic mass is 16.2. The standard InChI is InChI=1S/C19H23N3O2/c1-19(2)10-7-16(14-5-3-4-6-15(14)19)21-17(23)9-12-22-13-20-11-8-18(22)24/h3-6,8,11,13,16H,7,9-10,12H2,1-2H3,(H,21,23). The second-order valence-corrected chi connectivity index (χ2v) is 6.99. The summed E-state index contributed by atoms with van der Waals surface area (Å²) in [6, 6.07) is 9.79. The summed E-state index contributed by atoms with van der Waals surface area (Å²) in [4.78, 5) is 27.9. The summed E-state index contributed by atoms with van der Waals surface area (Å²) in [5, 5.41) is 3.13. The van der Waals surface area contributed by atoms with E-state index in [4.69, 9.17) is 0 Å². The Hall–Kier alpha value is -2.43. The number of rotatable bonds is 4. The first-order valence-electron chi connectivity index (χ1n) is 8.36. The molecular weight excluding hydrogens is 302 g/mol. The summed E-state index contributed by atoms with van der Waals surface area (Å²) >= 11 is 0. The van der Waals surface area contributed by atoms with E-state index in [9.17, 15) is 9.59 Å². The molecule has 1 aliphatic rings. The summed E-state index contributed by atoms with van der Waals surface area (Å²) < 4.78 is 1.46. The molecule has 2 aromatic rings. The zero-order valence-electron chi connectivity index (χ0n) is 14.2. The molecule has 1 unspecified atom stereocenters. The Morgan fingerprint density at radius 2 is 2.12 bits per heavy atom. The molecule has 1 aliphatic carbocycles. The van der Waals surface area contributed by atoms with Crippen molar-refractivity contribution in [3.63, 3.8) is 0 Å². The van der Waals surface area contributed by atoms with Crippen molar-refractivity contribution in [1.29, 1.82) is 0 Å². The third-order valence-corrected chi connectivity index (χ3v) is 4.83. The van der Waals surface area contributed by atoms with Gasteiger partial charge in [-0.05, 0) is 29.4 Å². The maximum absolute atomic E-state index is 12.3. The highest BCUT2D eigenvalue weighted by Crippen LogP contribution is 2.41. The summed E-state index contributed by atoms with van der Waals surface area (Å²) in [7, 11) is 0. The first-order valence-corrected chi connectivity index (χ1v) is 8.36. The zero-order valence-corrected chi connectivity index (χ0v) is 14.2. The lowest BCUT2D eigenvalue weighted by atomic mass is 9.71. The van der Waals surface area contributed by atoms with E-state index >= 15 is 0 Å².